The predicted molar refractivity (Wildman–Crippen MR) is 52.7 cm³/mol. The molecule has 0 aromatic rings. The number of fused-ring (bicyclic) bond motifs is 2. The summed E-state index contributed by atoms with van der Waals surface area (Å²) in [5.74, 6) is 0.0654. The van der Waals surface area contributed by atoms with E-state index in [4.69, 9.17) is 10.5 Å². The average Bonchev–Trinajstić information content (AvgIpc) is 2.54. The van der Waals surface area contributed by atoms with Crippen molar-refractivity contribution >= 4 is 5.91 Å². The molecule has 2 unspecified atom stereocenters. The van der Waals surface area contributed by atoms with Crippen LogP contribution < -0.4 is 5.73 Å². The molecule has 0 aromatic carbocycles. The van der Waals surface area contributed by atoms with Crippen LogP contribution in [0.5, 0.6) is 0 Å². The Labute approximate surface area is 83.7 Å². The number of carbonyl (C=O) groups is 1. The van der Waals surface area contributed by atoms with Gasteiger partial charge in [0.25, 0.3) is 0 Å². The zero-order chi connectivity index (χ0) is 9.97. The SMILES string of the molecule is NC/C=C/C(=O)N1CC2CCC(C1)O2. The van der Waals surface area contributed by atoms with Crippen molar-refractivity contribution in [3.05, 3.63) is 12.2 Å². The maximum Gasteiger partial charge on any atom is 0.246 e. The number of morpholine rings is 1. The van der Waals surface area contributed by atoms with E-state index in [-0.39, 0.29) is 18.1 Å². The van der Waals surface area contributed by atoms with Crippen LogP contribution in [0.3, 0.4) is 0 Å². The summed E-state index contributed by atoms with van der Waals surface area (Å²) >= 11 is 0. The summed E-state index contributed by atoms with van der Waals surface area (Å²) in [7, 11) is 0. The molecule has 2 heterocycles. The van der Waals surface area contributed by atoms with Gasteiger partial charge in [-0.05, 0) is 12.8 Å². The maximum absolute atomic E-state index is 11.6. The summed E-state index contributed by atoms with van der Waals surface area (Å²) in [5.41, 5.74) is 5.29. The molecule has 2 fully saturated rings. The van der Waals surface area contributed by atoms with Crippen LogP contribution in [0.15, 0.2) is 12.2 Å². The molecule has 1 amide bonds. The molecule has 2 rings (SSSR count). The molecule has 0 aromatic heterocycles. The second kappa shape index (κ2) is 4.11. The molecule has 0 saturated carbocycles. The van der Waals surface area contributed by atoms with Crippen molar-refractivity contribution in [1.82, 2.24) is 4.90 Å². The number of carbonyl (C=O) groups excluding carboxylic acids is 1. The lowest BCUT2D eigenvalue weighted by Gasteiger charge is -2.31. The van der Waals surface area contributed by atoms with E-state index in [9.17, 15) is 4.79 Å². The highest BCUT2D eigenvalue weighted by Gasteiger charge is 2.34. The quantitative estimate of drug-likeness (QED) is 0.627. The first kappa shape index (κ1) is 9.68. The summed E-state index contributed by atoms with van der Waals surface area (Å²) in [4.78, 5) is 13.5. The molecule has 2 bridgehead atoms. The molecule has 2 saturated heterocycles. The summed E-state index contributed by atoms with van der Waals surface area (Å²) in [5, 5.41) is 0. The number of nitrogens with two attached hydrogens (primary N) is 1. The fourth-order valence-electron chi connectivity index (χ4n) is 2.07. The van der Waals surface area contributed by atoms with Gasteiger partial charge in [-0.15, -0.1) is 0 Å². The molecule has 2 N–H and O–H groups in total. The van der Waals surface area contributed by atoms with Crippen LogP contribution >= 0.6 is 0 Å². The van der Waals surface area contributed by atoms with Gasteiger partial charge >= 0.3 is 0 Å². The molecule has 2 aliphatic rings. The molecule has 4 nitrogen and oxygen atoms in total. The van der Waals surface area contributed by atoms with Gasteiger partial charge in [-0.25, -0.2) is 0 Å². The van der Waals surface area contributed by atoms with Crippen LogP contribution in [0.1, 0.15) is 12.8 Å². The highest BCUT2D eigenvalue weighted by molar-refractivity contribution is 5.87. The Bertz CT molecular complexity index is 241. The normalized spacial score (nSPS) is 31.4. The summed E-state index contributed by atoms with van der Waals surface area (Å²) in [6.07, 6.45) is 5.97. The number of nitrogens with zero attached hydrogens (tertiary/aromatic N) is 1. The van der Waals surface area contributed by atoms with Crippen molar-refractivity contribution in [2.24, 2.45) is 5.73 Å². The van der Waals surface area contributed by atoms with Gasteiger partial charge in [-0.1, -0.05) is 6.08 Å². The first-order chi connectivity index (χ1) is 6.79. The van der Waals surface area contributed by atoms with E-state index in [0.717, 1.165) is 25.9 Å². The predicted octanol–water partition coefficient (Wildman–Crippen LogP) is -0.109. The van der Waals surface area contributed by atoms with Gasteiger partial charge in [-0.3, -0.25) is 4.79 Å². The average molecular weight is 196 g/mol. The van der Waals surface area contributed by atoms with E-state index < -0.39 is 0 Å². The largest absolute Gasteiger partial charge is 0.371 e. The van der Waals surface area contributed by atoms with Crippen molar-refractivity contribution in [2.45, 2.75) is 25.0 Å². The molecule has 0 aliphatic carbocycles. The van der Waals surface area contributed by atoms with E-state index in [1.807, 2.05) is 4.90 Å². The van der Waals surface area contributed by atoms with E-state index in [0.29, 0.717) is 6.54 Å². The van der Waals surface area contributed by atoms with Gasteiger partial charge in [0.05, 0.1) is 12.2 Å². The summed E-state index contributed by atoms with van der Waals surface area (Å²) in [6, 6.07) is 0. The lowest BCUT2D eigenvalue weighted by Crippen LogP contribution is -2.45. The number of ether oxygens (including phenoxy) is 1. The van der Waals surface area contributed by atoms with Crippen molar-refractivity contribution in [1.29, 1.82) is 0 Å². The molecule has 14 heavy (non-hydrogen) atoms. The van der Waals surface area contributed by atoms with E-state index in [1.165, 1.54) is 0 Å². The van der Waals surface area contributed by atoms with Gasteiger partial charge in [0.2, 0.25) is 5.91 Å². The zero-order valence-corrected chi connectivity index (χ0v) is 8.19. The Morgan fingerprint density at radius 1 is 1.43 bits per heavy atom. The maximum atomic E-state index is 11.6. The fourth-order valence-corrected chi connectivity index (χ4v) is 2.07. The third kappa shape index (κ3) is 1.96. The van der Waals surface area contributed by atoms with Gasteiger partial charge < -0.3 is 15.4 Å². The number of hydrogen-bond acceptors (Lipinski definition) is 3. The third-order valence-electron chi connectivity index (χ3n) is 2.75. The highest BCUT2D eigenvalue weighted by Crippen LogP contribution is 2.26. The highest BCUT2D eigenvalue weighted by atomic mass is 16.5. The number of hydrogen-bond donors (Lipinski definition) is 1. The fraction of sp³-hybridized carbons (Fsp3) is 0.700. The van der Waals surface area contributed by atoms with Gasteiger partial charge in [0.15, 0.2) is 0 Å². The van der Waals surface area contributed by atoms with Crippen LogP contribution in [0, 0.1) is 0 Å². The minimum absolute atomic E-state index is 0.0654. The van der Waals surface area contributed by atoms with Crippen molar-refractivity contribution in [3.63, 3.8) is 0 Å². The summed E-state index contributed by atoms with van der Waals surface area (Å²) in [6.45, 7) is 1.90. The van der Waals surface area contributed by atoms with Crippen LogP contribution in [-0.2, 0) is 9.53 Å². The molecular weight excluding hydrogens is 180 g/mol. The van der Waals surface area contributed by atoms with Crippen molar-refractivity contribution in [2.75, 3.05) is 19.6 Å². The molecule has 0 radical (unpaired) electrons. The van der Waals surface area contributed by atoms with E-state index in [2.05, 4.69) is 0 Å². The van der Waals surface area contributed by atoms with Crippen LogP contribution in [0.25, 0.3) is 0 Å². The Kier molecular flexibility index (Phi) is 2.84. The monoisotopic (exact) mass is 196 g/mol. The number of amides is 1. The molecule has 2 aliphatic heterocycles. The zero-order valence-electron chi connectivity index (χ0n) is 8.19. The number of likely N-dealkylation sites (tertiary alicyclic amines) is 1. The van der Waals surface area contributed by atoms with Crippen molar-refractivity contribution in [3.8, 4) is 0 Å². The molecule has 2 atom stereocenters. The van der Waals surface area contributed by atoms with Gasteiger partial charge in [-0.2, -0.15) is 0 Å². The third-order valence-corrected chi connectivity index (χ3v) is 2.75. The van der Waals surface area contributed by atoms with Crippen LogP contribution in [-0.4, -0.2) is 42.6 Å². The minimum Gasteiger partial charge on any atom is -0.371 e. The molecule has 0 spiro atoms. The Morgan fingerprint density at radius 3 is 2.64 bits per heavy atom. The van der Waals surface area contributed by atoms with Crippen LogP contribution in [0.4, 0.5) is 0 Å². The minimum atomic E-state index is 0.0654. The second-order valence-electron chi connectivity index (χ2n) is 3.84. The Morgan fingerprint density at radius 2 is 2.07 bits per heavy atom. The standard InChI is InChI=1S/C10H16N2O2/c11-5-1-2-10(13)12-6-8-3-4-9(7-12)14-8/h1-2,8-9H,3-7,11H2/b2-1+. The second-order valence-corrected chi connectivity index (χ2v) is 3.84. The van der Waals surface area contributed by atoms with E-state index in [1.54, 1.807) is 12.2 Å². The van der Waals surface area contributed by atoms with Crippen molar-refractivity contribution < 1.29 is 9.53 Å². The van der Waals surface area contributed by atoms with Crippen LogP contribution in [0.2, 0.25) is 0 Å². The molecular formula is C10H16N2O2. The topological polar surface area (TPSA) is 55.6 Å². The Hall–Kier alpha value is -0.870. The Balaban J connectivity index is 1.92. The van der Waals surface area contributed by atoms with E-state index >= 15 is 0 Å². The van der Waals surface area contributed by atoms with Gasteiger partial charge in [0.1, 0.15) is 0 Å². The smallest absolute Gasteiger partial charge is 0.246 e. The molecule has 4 heteroatoms. The summed E-state index contributed by atoms with van der Waals surface area (Å²) < 4.78 is 5.64. The number of rotatable bonds is 2. The molecule has 78 valence electrons. The first-order valence-corrected chi connectivity index (χ1v) is 5.10. The lowest BCUT2D eigenvalue weighted by atomic mass is 10.2. The first-order valence-electron chi connectivity index (χ1n) is 5.10. The lowest BCUT2D eigenvalue weighted by molar-refractivity contribution is -0.134. The van der Waals surface area contributed by atoms with Gasteiger partial charge in [0, 0.05) is 25.7 Å².